The molecular weight excluding hydrogens is 320 g/mol. The fraction of sp³-hybridized carbons (Fsp3) is 0.375. The largest absolute Gasteiger partial charge is 0.490 e. The van der Waals surface area contributed by atoms with Gasteiger partial charge in [-0.15, -0.1) is 0 Å². The third-order valence-corrected chi connectivity index (χ3v) is 3.25. The number of halogens is 2. The standard InChI is InChI=1S/C16H19F2N3O3/c1-4-23-14-8-11(5-6-13(14)24-16(17)18)15(22)19-9-12-7-10(2)20-21(12)3/h5-8,16H,4,9H2,1-3H3,(H,19,22). The van der Waals surface area contributed by atoms with E-state index in [1.165, 1.54) is 18.2 Å². The van der Waals surface area contributed by atoms with Gasteiger partial charge in [0, 0.05) is 12.6 Å². The molecule has 130 valence electrons. The number of hydrogen-bond donors (Lipinski definition) is 1. The van der Waals surface area contributed by atoms with Crippen LogP contribution in [0, 0.1) is 6.92 Å². The molecule has 1 aromatic carbocycles. The summed E-state index contributed by atoms with van der Waals surface area (Å²) in [6.07, 6.45) is 0. The number of carbonyl (C=O) groups excluding carboxylic acids is 1. The summed E-state index contributed by atoms with van der Waals surface area (Å²) in [4.78, 5) is 12.2. The van der Waals surface area contributed by atoms with Crippen LogP contribution in [0.15, 0.2) is 24.3 Å². The molecule has 0 saturated heterocycles. The predicted octanol–water partition coefficient (Wildman–Crippen LogP) is 2.66. The number of benzene rings is 1. The van der Waals surface area contributed by atoms with E-state index in [2.05, 4.69) is 15.2 Å². The Morgan fingerprint density at radius 3 is 2.67 bits per heavy atom. The fourth-order valence-corrected chi connectivity index (χ4v) is 2.21. The van der Waals surface area contributed by atoms with Crippen molar-refractivity contribution in [1.82, 2.24) is 15.1 Å². The first-order valence-corrected chi connectivity index (χ1v) is 7.40. The fourth-order valence-electron chi connectivity index (χ4n) is 2.21. The van der Waals surface area contributed by atoms with Crippen LogP contribution in [0.5, 0.6) is 11.5 Å². The monoisotopic (exact) mass is 339 g/mol. The zero-order valence-electron chi connectivity index (χ0n) is 13.7. The Balaban J connectivity index is 2.11. The number of alkyl halides is 2. The number of carbonyl (C=O) groups is 1. The zero-order valence-corrected chi connectivity index (χ0v) is 13.7. The molecule has 24 heavy (non-hydrogen) atoms. The first-order chi connectivity index (χ1) is 11.4. The maximum atomic E-state index is 12.4. The Labute approximate surface area is 138 Å². The Morgan fingerprint density at radius 2 is 2.08 bits per heavy atom. The topological polar surface area (TPSA) is 65.4 Å². The van der Waals surface area contributed by atoms with Gasteiger partial charge in [0.25, 0.3) is 5.91 Å². The van der Waals surface area contributed by atoms with E-state index in [1.54, 1.807) is 18.7 Å². The summed E-state index contributed by atoms with van der Waals surface area (Å²) in [7, 11) is 1.79. The molecule has 0 radical (unpaired) electrons. The minimum atomic E-state index is -2.96. The van der Waals surface area contributed by atoms with Gasteiger partial charge in [0.05, 0.1) is 24.5 Å². The van der Waals surface area contributed by atoms with Gasteiger partial charge >= 0.3 is 6.61 Å². The van der Waals surface area contributed by atoms with Crippen molar-refractivity contribution >= 4 is 5.91 Å². The van der Waals surface area contributed by atoms with Crippen LogP contribution in [-0.2, 0) is 13.6 Å². The normalized spacial score (nSPS) is 10.8. The van der Waals surface area contributed by atoms with Crippen LogP contribution >= 0.6 is 0 Å². The molecule has 2 aromatic rings. The number of aromatic nitrogens is 2. The van der Waals surface area contributed by atoms with Gasteiger partial charge in [-0.1, -0.05) is 0 Å². The van der Waals surface area contributed by atoms with Gasteiger partial charge in [-0.25, -0.2) is 0 Å². The third-order valence-electron chi connectivity index (χ3n) is 3.25. The molecule has 0 unspecified atom stereocenters. The van der Waals surface area contributed by atoms with E-state index in [4.69, 9.17) is 4.74 Å². The van der Waals surface area contributed by atoms with Gasteiger partial charge in [0.2, 0.25) is 0 Å². The zero-order chi connectivity index (χ0) is 17.7. The summed E-state index contributed by atoms with van der Waals surface area (Å²) in [5.74, 6) is -0.356. The molecule has 0 spiro atoms. The average molecular weight is 339 g/mol. The molecule has 0 atom stereocenters. The number of ether oxygens (including phenoxy) is 2. The lowest BCUT2D eigenvalue weighted by Gasteiger charge is -2.13. The molecule has 0 aliphatic heterocycles. The first-order valence-electron chi connectivity index (χ1n) is 7.40. The van der Waals surface area contributed by atoms with Crippen LogP contribution in [0.2, 0.25) is 0 Å². The van der Waals surface area contributed by atoms with E-state index < -0.39 is 6.61 Å². The summed E-state index contributed by atoms with van der Waals surface area (Å²) < 4.78 is 36.1. The lowest BCUT2D eigenvalue weighted by molar-refractivity contribution is -0.0514. The highest BCUT2D eigenvalue weighted by atomic mass is 19.3. The SMILES string of the molecule is CCOc1cc(C(=O)NCc2cc(C)nn2C)ccc1OC(F)F. The molecule has 2 rings (SSSR count). The lowest BCUT2D eigenvalue weighted by Crippen LogP contribution is -2.24. The minimum absolute atomic E-state index is 0.0989. The van der Waals surface area contributed by atoms with Crippen LogP contribution < -0.4 is 14.8 Å². The number of amides is 1. The summed E-state index contributed by atoms with van der Waals surface area (Å²) in [6, 6.07) is 5.95. The van der Waals surface area contributed by atoms with Crippen molar-refractivity contribution in [3.63, 3.8) is 0 Å². The maximum absolute atomic E-state index is 12.4. The molecule has 1 heterocycles. The Bertz CT molecular complexity index is 717. The lowest BCUT2D eigenvalue weighted by atomic mass is 10.2. The molecule has 0 aliphatic carbocycles. The van der Waals surface area contributed by atoms with Crippen LogP contribution in [-0.4, -0.2) is 28.9 Å². The number of rotatable bonds is 7. The van der Waals surface area contributed by atoms with Crippen molar-refractivity contribution in [3.8, 4) is 11.5 Å². The number of aryl methyl sites for hydroxylation is 2. The first kappa shape index (κ1) is 17.7. The van der Waals surface area contributed by atoms with E-state index >= 15 is 0 Å². The molecule has 8 heteroatoms. The highest BCUT2D eigenvalue weighted by Crippen LogP contribution is 2.29. The molecule has 1 amide bonds. The molecular formula is C16H19F2N3O3. The van der Waals surface area contributed by atoms with Gasteiger partial charge < -0.3 is 14.8 Å². The van der Waals surface area contributed by atoms with E-state index in [9.17, 15) is 13.6 Å². The maximum Gasteiger partial charge on any atom is 0.387 e. The van der Waals surface area contributed by atoms with Gasteiger partial charge in [-0.05, 0) is 38.1 Å². The molecule has 6 nitrogen and oxygen atoms in total. The van der Waals surface area contributed by atoms with Crippen molar-refractivity contribution < 1.29 is 23.0 Å². The Hall–Kier alpha value is -2.64. The second kappa shape index (κ2) is 7.76. The van der Waals surface area contributed by atoms with E-state index in [-0.39, 0.29) is 24.0 Å². The van der Waals surface area contributed by atoms with Crippen molar-refractivity contribution in [2.45, 2.75) is 27.0 Å². The molecule has 0 aliphatic rings. The average Bonchev–Trinajstić information content (AvgIpc) is 2.84. The number of nitrogens with zero attached hydrogens (tertiary/aromatic N) is 2. The van der Waals surface area contributed by atoms with Gasteiger partial charge in [-0.2, -0.15) is 13.9 Å². The van der Waals surface area contributed by atoms with Crippen LogP contribution in [0.4, 0.5) is 8.78 Å². The van der Waals surface area contributed by atoms with E-state index in [0.717, 1.165) is 11.4 Å². The van der Waals surface area contributed by atoms with Gasteiger partial charge in [-0.3, -0.25) is 9.48 Å². The third kappa shape index (κ3) is 4.43. The van der Waals surface area contributed by atoms with E-state index in [0.29, 0.717) is 12.1 Å². The molecule has 1 N–H and O–H groups in total. The van der Waals surface area contributed by atoms with Crippen molar-refractivity contribution in [2.75, 3.05) is 6.61 Å². The highest BCUT2D eigenvalue weighted by molar-refractivity contribution is 5.94. The summed E-state index contributed by atoms with van der Waals surface area (Å²) in [5, 5.41) is 6.95. The Kier molecular flexibility index (Phi) is 5.73. The molecule has 0 fully saturated rings. The smallest absolute Gasteiger partial charge is 0.387 e. The van der Waals surface area contributed by atoms with E-state index in [1.807, 2.05) is 13.0 Å². The van der Waals surface area contributed by atoms with Crippen LogP contribution in [0.1, 0.15) is 28.7 Å². The molecule has 0 saturated carbocycles. The summed E-state index contributed by atoms with van der Waals surface area (Å²) in [6.45, 7) is 1.18. The van der Waals surface area contributed by atoms with Gasteiger partial charge in [0.15, 0.2) is 11.5 Å². The molecule has 1 aromatic heterocycles. The summed E-state index contributed by atoms with van der Waals surface area (Å²) in [5.41, 5.74) is 2.00. The van der Waals surface area contributed by atoms with Crippen molar-refractivity contribution in [3.05, 3.63) is 41.2 Å². The highest BCUT2D eigenvalue weighted by Gasteiger charge is 2.15. The predicted molar refractivity (Wildman–Crippen MR) is 83.4 cm³/mol. The summed E-state index contributed by atoms with van der Waals surface area (Å²) >= 11 is 0. The van der Waals surface area contributed by atoms with Gasteiger partial charge in [0.1, 0.15) is 0 Å². The van der Waals surface area contributed by atoms with Crippen LogP contribution in [0.3, 0.4) is 0 Å². The van der Waals surface area contributed by atoms with Crippen molar-refractivity contribution in [1.29, 1.82) is 0 Å². The van der Waals surface area contributed by atoms with Crippen LogP contribution in [0.25, 0.3) is 0 Å². The Morgan fingerprint density at radius 1 is 1.33 bits per heavy atom. The van der Waals surface area contributed by atoms with Crippen molar-refractivity contribution in [2.24, 2.45) is 7.05 Å². The molecule has 0 bridgehead atoms. The number of hydrogen-bond acceptors (Lipinski definition) is 4. The minimum Gasteiger partial charge on any atom is -0.490 e. The second-order valence-electron chi connectivity index (χ2n) is 5.06. The second-order valence-corrected chi connectivity index (χ2v) is 5.06. The quantitative estimate of drug-likeness (QED) is 0.842. The number of nitrogens with one attached hydrogen (secondary N) is 1.